The van der Waals surface area contributed by atoms with Crippen LogP contribution >= 0.6 is 11.6 Å². The first-order valence-electron chi connectivity index (χ1n) is 5.67. The fraction of sp³-hybridized carbons (Fsp3) is 0.385. The van der Waals surface area contributed by atoms with Crippen molar-refractivity contribution in [3.8, 4) is 11.5 Å². The molecule has 0 saturated carbocycles. The molecule has 0 spiro atoms. The molecule has 0 aliphatic carbocycles. The Balaban J connectivity index is 2.72. The van der Waals surface area contributed by atoms with E-state index in [-0.39, 0.29) is 12.3 Å². The molecule has 1 amide bonds. The van der Waals surface area contributed by atoms with E-state index in [0.29, 0.717) is 11.5 Å². The van der Waals surface area contributed by atoms with E-state index < -0.39 is 11.3 Å². The molecular formula is C13H16ClNO4. The molecule has 19 heavy (non-hydrogen) atoms. The van der Waals surface area contributed by atoms with E-state index in [1.807, 2.05) is 0 Å². The van der Waals surface area contributed by atoms with E-state index in [9.17, 15) is 9.59 Å². The summed E-state index contributed by atoms with van der Waals surface area (Å²) in [4.78, 5) is 22.5. The van der Waals surface area contributed by atoms with Crippen molar-refractivity contribution in [1.82, 2.24) is 5.32 Å². The van der Waals surface area contributed by atoms with E-state index in [1.54, 1.807) is 18.2 Å². The van der Waals surface area contributed by atoms with Gasteiger partial charge in [-0.2, -0.15) is 0 Å². The van der Waals surface area contributed by atoms with Crippen LogP contribution in [-0.4, -0.2) is 31.4 Å². The van der Waals surface area contributed by atoms with Gasteiger partial charge in [0.05, 0.1) is 20.6 Å². The van der Waals surface area contributed by atoms with Crippen molar-refractivity contribution < 1.29 is 19.1 Å². The summed E-state index contributed by atoms with van der Waals surface area (Å²) in [5.41, 5.74) is 0.754. The smallest absolute Gasteiger partial charge is 0.243 e. The second-order valence-corrected chi connectivity index (χ2v) is 4.33. The number of benzene rings is 1. The van der Waals surface area contributed by atoms with Crippen LogP contribution in [0.3, 0.4) is 0 Å². The van der Waals surface area contributed by atoms with Crippen molar-refractivity contribution in [2.45, 2.75) is 19.4 Å². The lowest BCUT2D eigenvalue weighted by Crippen LogP contribution is -2.37. The number of nitrogens with one attached hydrogen (secondary N) is 1. The Bertz CT molecular complexity index is 476. The number of hydrogen-bond acceptors (Lipinski definition) is 4. The van der Waals surface area contributed by atoms with Crippen molar-refractivity contribution >= 4 is 22.8 Å². The maximum atomic E-state index is 11.7. The summed E-state index contributed by atoms with van der Waals surface area (Å²) in [5, 5.41) is 1.90. The van der Waals surface area contributed by atoms with Crippen molar-refractivity contribution in [2.75, 3.05) is 14.2 Å². The van der Waals surface area contributed by atoms with E-state index in [2.05, 4.69) is 5.32 Å². The average molecular weight is 286 g/mol. The summed E-state index contributed by atoms with van der Waals surface area (Å²) in [5.74, 6) is 0.860. The Kier molecular flexibility index (Phi) is 5.63. The zero-order valence-corrected chi connectivity index (χ0v) is 11.8. The first-order valence-corrected chi connectivity index (χ1v) is 6.05. The van der Waals surface area contributed by atoms with Crippen LogP contribution in [0.15, 0.2) is 18.2 Å². The highest BCUT2D eigenvalue weighted by molar-refractivity contribution is 6.64. The molecule has 0 radical (unpaired) electrons. The van der Waals surface area contributed by atoms with Crippen molar-refractivity contribution in [2.24, 2.45) is 0 Å². The lowest BCUT2D eigenvalue weighted by molar-refractivity contribution is -0.124. The molecule has 0 saturated heterocycles. The molecule has 1 aromatic rings. The van der Waals surface area contributed by atoms with Crippen LogP contribution in [0.5, 0.6) is 11.5 Å². The molecule has 0 bridgehead atoms. The predicted molar refractivity (Wildman–Crippen MR) is 71.7 cm³/mol. The van der Waals surface area contributed by atoms with E-state index in [0.717, 1.165) is 5.56 Å². The molecule has 1 aromatic carbocycles. The second kappa shape index (κ2) is 6.99. The van der Waals surface area contributed by atoms with Gasteiger partial charge in [0.15, 0.2) is 11.5 Å². The summed E-state index contributed by atoms with van der Waals surface area (Å²) in [7, 11) is 3.06. The summed E-state index contributed by atoms with van der Waals surface area (Å²) in [6, 6.07) is 4.49. The summed E-state index contributed by atoms with van der Waals surface area (Å²) in [6.07, 6.45) is 0.134. The summed E-state index contributed by atoms with van der Waals surface area (Å²) >= 11 is 5.27. The number of amides is 1. The Hall–Kier alpha value is -1.75. The van der Waals surface area contributed by atoms with Gasteiger partial charge in [0.25, 0.3) is 0 Å². The summed E-state index contributed by atoms with van der Waals surface area (Å²) in [6.45, 7) is 1.53. The Labute approximate surface area is 116 Å². The number of methoxy groups -OCH3 is 2. The predicted octanol–water partition coefficient (Wildman–Crippen LogP) is 1.52. The lowest BCUT2D eigenvalue weighted by Gasteiger charge is -2.11. The summed E-state index contributed by atoms with van der Waals surface area (Å²) < 4.78 is 10.3. The molecule has 0 fully saturated rings. The van der Waals surface area contributed by atoms with Crippen LogP contribution in [0.4, 0.5) is 0 Å². The molecule has 1 rings (SSSR count). The van der Waals surface area contributed by atoms with Gasteiger partial charge >= 0.3 is 0 Å². The number of hydrogen-bond donors (Lipinski definition) is 1. The fourth-order valence-corrected chi connectivity index (χ4v) is 1.58. The third-order valence-electron chi connectivity index (χ3n) is 2.53. The molecule has 0 heterocycles. The molecule has 0 aliphatic rings. The van der Waals surface area contributed by atoms with Gasteiger partial charge in [0.1, 0.15) is 6.04 Å². The number of carbonyl (C=O) groups is 2. The molecular weight excluding hydrogens is 270 g/mol. The minimum absolute atomic E-state index is 0.134. The third-order valence-corrected chi connectivity index (χ3v) is 2.86. The molecule has 0 aromatic heterocycles. The SMILES string of the molecule is COc1ccc(CC(=O)NC(C)C(=O)Cl)cc1OC. The van der Waals surface area contributed by atoms with Gasteiger partial charge in [-0.15, -0.1) is 0 Å². The Morgan fingerprint density at radius 2 is 1.89 bits per heavy atom. The van der Waals surface area contributed by atoms with Gasteiger partial charge in [-0.3, -0.25) is 9.59 Å². The highest BCUT2D eigenvalue weighted by Crippen LogP contribution is 2.27. The molecule has 1 atom stereocenters. The lowest BCUT2D eigenvalue weighted by atomic mass is 10.1. The van der Waals surface area contributed by atoms with Crippen LogP contribution in [0.2, 0.25) is 0 Å². The zero-order valence-electron chi connectivity index (χ0n) is 11.0. The maximum absolute atomic E-state index is 11.7. The third kappa shape index (κ3) is 4.44. The number of rotatable bonds is 6. The molecule has 6 heteroatoms. The van der Waals surface area contributed by atoms with E-state index in [1.165, 1.54) is 21.1 Å². The Morgan fingerprint density at radius 1 is 1.26 bits per heavy atom. The van der Waals surface area contributed by atoms with Gasteiger partial charge < -0.3 is 14.8 Å². The minimum Gasteiger partial charge on any atom is -0.493 e. The molecule has 5 nitrogen and oxygen atoms in total. The van der Waals surface area contributed by atoms with Crippen LogP contribution in [0, 0.1) is 0 Å². The number of carbonyl (C=O) groups excluding carboxylic acids is 2. The first-order chi connectivity index (χ1) is 8.97. The van der Waals surface area contributed by atoms with Crippen LogP contribution in [0.1, 0.15) is 12.5 Å². The highest BCUT2D eigenvalue weighted by Gasteiger charge is 2.14. The van der Waals surface area contributed by atoms with Crippen molar-refractivity contribution in [3.63, 3.8) is 0 Å². The van der Waals surface area contributed by atoms with Gasteiger partial charge in [0.2, 0.25) is 11.1 Å². The quantitative estimate of drug-likeness (QED) is 0.805. The standard InChI is InChI=1S/C13H16ClNO4/c1-8(13(14)17)15-12(16)7-9-4-5-10(18-2)11(6-9)19-3/h4-6,8H,7H2,1-3H3,(H,15,16). The molecule has 1 unspecified atom stereocenters. The van der Waals surface area contributed by atoms with Crippen molar-refractivity contribution in [1.29, 1.82) is 0 Å². The largest absolute Gasteiger partial charge is 0.493 e. The number of ether oxygens (including phenoxy) is 2. The van der Waals surface area contributed by atoms with Gasteiger partial charge in [0, 0.05) is 0 Å². The second-order valence-electron chi connectivity index (χ2n) is 3.96. The highest BCUT2D eigenvalue weighted by atomic mass is 35.5. The monoisotopic (exact) mass is 285 g/mol. The first kappa shape index (κ1) is 15.3. The topological polar surface area (TPSA) is 64.6 Å². The fourth-order valence-electron chi connectivity index (χ4n) is 1.53. The maximum Gasteiger partial charge on any atom is 0.243 e. The molecule has 0 aliphatic heterocycles. The van der Waals surface area contributed by atoms with E-state index >= 15 is 0 Å². The minimum atomic E-state index is -0.700. The van der Waals surface area contributed by atoms with Gasteiger partial charge in [-0.05, 0) is 36.2 Å². The molecule has 104 valence electrons. The van der Waals surface area contributed by atoms with Gasteiger partial charge in [-0.25, -0.2) is 0 Å². The number of halogens is 1. The normalized spacial score (nSPS) is 11.6. The average Bonchev–Trinajstić information content (AvgIpc) is 2.38. The Morgan fingerprint density at radius 3 is 2.42 bits per heavy atom. The van der Waals surface area contributed by atoms with E-state index in [4.69, 9.17) is 21.1 Å². The molecule has 1 N–H and O–H groups in total. The van der Waals surface area contributed by atoms with Crippen LogP contribution in [0.25, 0.3) is 0 Å². The van der Waals surface area contributed by atoms with Crippen LogP contribution in [-0.2, 0) is 16.0 Å². The zero-order chi connectivity index (χ0) is 14.4. The van der Waals surface area contributed by atoms with Crippen LogP contribution < -0.4 is 14.8 Å². The van der Waals surface area contributed by atoms with Gasteiger partial charge in [-0.1, -0.05) is 6.07 Å². The van der Waals surface area contributed by atoms with Crippen molar-refractivity contribution in [3.05, 3.63) is 23.8 Å².